The SMILES string of the molecule is Cc1cc(C(=O)Nc2ccc(Br)nc2)ccn1. The van der Waals surface area contributed by atoms with Crippen LogP contribution >= 0.6 is 15.9 Å². The third-order valence-electron chi connectivity index (χ3n) is 2.14. The standard InChI is InChI=1S/C12H10BrN3O/c1-8-6-9(4-5-14-8)12(17)16-10-2-3-11(13)15-7-10/h2-7H,1H3,(H,16,17). The van der Waals surface area contributed by atoms with Crippen LogP contribution in [0, 0.1) is 6.92 Å². The molecule has 2 rings (SSSR count). The van der Waals surface area contributed by atoms with Crippen molar-refractivity contribution in [3.8, 4) is 0 Å². The van der Waals surface area contributed by atoms with Gasteiger partial charge >= 0.3 is 0 Å². The molecule has 0 aliphatic rings. The van der Waals surface area contributed by atoms with Gasteiger partial charge in [-0.05, 0) is 47.1 Å². The van der Waals surface area contributed by atoms with Gasteiger partial charge in [-0.3, -0.25) is 9.78 Å². The van der Waals surface area contributed by atoms with Crippen molar-refractivity contribution in [3.63, 3.8) is 0 Å². The first-order valence-electron chi connectivity index (χ1n) is 5.01. The number of halogens is 1. The van der Waals surface area contributed by atoms with Crippen molar-refractivity contribution >= 4 is 27.5 Å². The second-order valence-corrected chi connectivity index (χ2v) is 4.32. The van der Waals surface area contributed by atoms with Crippen LogP contribution in [0.25, 0.3) is 0 Å². The molecule has 2 heterocycles. The minimum atomic E-state index is -0.167. The Morgan fingerprint density at radius 1 is 1.29 bits per heavy atom. The molecule has 0 aromatic carbocycles. The van der Waals surface area contributed by atoms with Crippen molar-refractivity contribution < 1.29 is 4.79 Å². The monoisotopic (exact) mass is 291 g/mol. The molecule has 0 bridgehead atoms. The lowest BCUT2D eigenvalue weighted by Crippen LogP contribution is -2.12. The van der Waals surface area contributed by atoms with E-state index in [0.717, 1.165) is 10.3 Å². The number of anilines is 1. The van der Waals surface area contributed by atoms with Crippen molar-refractivity contribution in [2.24, 2.45) is 0 Å². The molecule has 0 fully saturated rings. The highest BCUT2D eigenvalue weighted by Crippen LogP contribution is 2.12. The van der Waals surface area contributed by atoms with Crippen LogP contribution in [0.3, 0.4) is 0 Å². The molecule has 0 aliphatic carbocycles. The lowest BCUT2D eigenvalue weighted by atomic mass is 10.2. The Labute approximate surface area is 107 Å². The number of carbonyl (C=O) groups is 1. The number of pyridine rings is 2. The molecule has 5 heteroatoms. The molecule has 0 unspecified atom stereocenters. The highest BCUT2D eigenvalue weighted by molar-refractivity contribution is 9.10. The van der Waals surface area contributed by atoms with Crippen molar-refractivity contribution in [3.05, 3.63) is 52.5 Å². The fraction of sp³-hybridized carbons (Fsp3) is 0.0833. The van der Waals surface area contributed by atoms with E-state index in [-0.39, 0.29) is 5.91 Å². The van der Waals surface area contributed by atoms with Crippen LogP contribution in [-0.2, 0) is 0 Å². The fourth-order valence-electron chi connectivity index (χ4n) is 1.34. The van der Waals surface area contributed by atoms with Crippen LogP contribution in [-0.4, -0.2) is 15.9 Å². The zero-order chi connectivity index (χ0) is 12.3. The first-order chi connectivity index (χ1) is 8.15. The Hall–Kier alpha value is -1.75. The average Bonchev–Trinajstić information content (AvgIpc) is 2.32. The lowest BCUT2D eigenvalue weighted by molar-refractivity contribution is 0.102. The Morgan fingerprint density at radius 2 is 2.12 bits per heavy atom. The second kappa shape index (κ2) is 5.05. The largest absolute Gasteiger partial charge is 0.321 e. The van der Waals surface area contributed by atoms with E-state index < -0.39 is 0 Å². The zero-order valence-electron chi connectivity index (χ0n) is 9.14. The minimum absolute atomic E-state index is 0.167. The molecule has 0 saturated heterocycles. The summed E-state index contributed by atoms with van der Waals surface area (Å²) in [5.74, 6) is -0.167. The van der Waals surface area contributed by atoms with Gasteiger partial charge in [-0.2, -0.15) is 0 Å². The summed E-state index contributed by atoms with van der Waals surface area (Å²) < 4.78 is 0.732. The maximum Gasteiger partial charge on any atom is 0.255 e. The Kier molecular flexibility index (Phi) is 3.49. The van der Waals surface area contributed by atoms with Crippen LogP contribution < -0.4 is 5.32 Å². The molecule has 1 amide bonds. The summed E-state index contributed by atoms with van der Waals surface area (Å²) >= 11 is 3.23. The Bertz CT molecular complexity index is 540. The number of nitrogens with zero attached hydrogens (tertiary/aromatic N) is 2. The summed E-state index contributed by atoms with van der Waals surface area (Å²) in [6.07, 6.45) is 3.21. The van der Waals surface area contributed by atoms with E-state index in [1.807, 2.05) is 6.92 Å². The van der Waals surface area contributed by atoms with Gasteiger partial charge in [0.15, 0.2) is 0 Å². The van der Waals surface area contributed by atoms with Crippen molar-refractivity contribution in [2.45, 2.75) is 6.92 Å². The lowest BCUT2D eigenvalue weighted by Gasteiger charge is -2.05. The molecule has 2 aromatic heterocycles. The van der Waals surface area contributed by atoms with Gasteiger partial charge in [0.2, 0.25) is 0 Å². The van der Waals surface area contributed by atoms with Crippen LogP contribution in [0.1, 0.15) is 16.1 Å². The van der Waals surface area contributed by atoms with Gasteiger partial charge in [-0.15, -0.1) is 0 Å². The van der Waals surface area contributed by atoms with Gasteiger partial charge in [-0.25, -0.2) is 4.98 Å². The summed E-state index contributed by atoms with van der Waals surface area (Å²) in [6.45, 7) is 1.85. The quantitative estimate of drug-likeness (QED) is 0.866. The molecule has 0 radical (unpaired) electrons. The summed E-state index contributed by atoms with van der Waals surface area (Å²) in [5.41, 5.74) is 2.06. The molecular formula is C12H10BrN3O. The second-order valence-electron chi connectivity index (χ2n) is 3.51. The predicted octanol–water partition coefficient (Wildman–Crippen LogP) is 2.80. The number of carbonyl (C=O) groups excluding carboxylic acids is 1. The van der Waals surface area contributed by atoms with E-state index in [2.05, 4.69) is 31.2 Å². The molecule has 0 atom stereocenters. The molecule has 0 aliphatic heterocycles. The topological polar surface area (TPSA) is 54.9 Å². The average molecular weight is 292 g/mol. The van der Waals surface area contributed by atoms with Gasteiger partial charge < -0.3 is 5.32 Å². The van der Waals surface area contributed by atoms with Gasteiger partial charge in [0.1, 0.15) is 4.60 Å². The van der Waals surface area contributed by atoms with Gasteiger partial charge in [0.25, 0.3) is 5.91 Å². The summed E-state index contributed by atoms with van der Waals surface area (Å²) in [5, 5.41) is 2.76. The van der Waals surface area contributed by atoms with Crippen LogP contribution in [0.4, 0.5) is 5.69 Å². The van der Waals surface area contributed by atoms with E-state index in [0.29, 0.717) is 11.3 Å². The van der Waals surface area contributed by atoms with Gasteiger partial charge in [0.05, 0.1) is 11.9 Å². The van der Waals surface area contributed by atoms with E-state index in [1.165, 1.54) is 0 Å². The molecule has 0 saturated carbocycles. The Balaban J connectivity index is 2.14. The van der Waals surface area contributed by atoms with Crippen molar-refractivity contribution in [2.75, 3.05) is 5.32 Å². The smallest absolute Gasteiger partial charge is 0.255 e. The first-order valence-corrected chi connectivity index (χ1v) is 5.80. The van der Waals surface area contributed by atoms with E-state index in [1.54, 1.807) is 36.7 Å². The summed E-state index contributed by atoms with van der Waals surface area (Å²) in [4.78, 5) is 19.9. The first kappa shape index (κ1) is 11.7. The normalized spacial score (nSPS) is 10.0. The maximum atomic E-state index is 11.9. The molecular weight excluding hydrogens is 282 g/mol. The van der Waals surface area contributed by atoms with Crippen LogP contribution in [0.2, 0.25) is 0 Å². The number of aryl methyl sites for hydroxylation is 1. The van der Waals surface area contributed by atoms with E-state index in [4.69, 9.17) is 0 Å². The molecule has 2 aromatic rings. The van der Waals surface area contributed by atoms with E-state index >= 15 is 0 Å². The fourth-order valence-corrected chi connectivity index (χ4v) is 1.57. The molecule has 86 valence electrons. The number of hydrogen-bond acceptors (Lipinski definition) is 3. The zero-order valence-corrected chi connectivity index (χ0v) is 10.7. The maximum absolute atomic E-state index is 11.9. The molecule has 4 nitrogen and oxygen atoms in total. The Morgan fingerprint density at radius 3 is 2.76 bits per heavy atom. The number of aromatic nitrogens is 2. The van der Waals surface area contributed by atoms with Gasteiger partial charge in [0, 0.05) is 17.5 Å². The molecule has 0 spiro atoms. The third kappa shape index (κ3) is 3.10. The summed E-state index contributed by atoms with van der Waals surface area (Å²) in [7, 11) is 0. The molecule has 17 heavy (non-hydrogen) atoms. The predicted molar refractivity (Wildman–Crippen MR) is 68.9 cm³/mol. The number of rotatable bonds is 2. The highest BCUT2D eigenvalue weighted by Gasteiger charge is 2.06. The molecule has 1 N–H and O–H groups in total. The number of hydrogen-bond donors (Lipinski definition) is 1. The highest BCUT2D eigenvalue weighted by atomic mass is 79.9. The van der Waals surface area contributed by atoms with Crippen LogP contribution in [0.15, 0.2) is 41.3 Å². The van der Waals surface area contributed by atoms with Crippen molar-refractivity contribution in [1.82, 2.24) is 9.97 Å². The van der Waals surface area contributed by atoms with Crippen LogP contribution in [0.5, 0.6) is 0 Å². The number of nitrogens with one attached hydrogen (secondary N) is 1. The minimum Gasteiger partial charge on any atom is -0.321 e. The van der Waals surface area contributed by atoms with Crippen molar-refractivity contribution in [1.29, 1.82) is 0 Å². The third-order valence-corrected chi connectivity index (χ3v) is 2.61. The van der Waals surface area contributed by atoms with Gasteiger partial charge in [-0.1, -0.05) is 0 Å². The summed E-state index contributed by atoms with van der Waals surface area (Å²) in [6, 6.07) is 6.96. The van der Waals surface area contributed by atoms with E-state index in [9.17, 15) is 4.79 Å². The number of amides is 1.